The van der Waals surface area contributed by atoms with Gasteiger partial charge in [0.25, 0.3) is 0 Å². The predicted octanol–water partition coefficient (Wildman–Crippen LogP) is 3.42. The van der Waals surface area contributed by atoms with E-state index >= 15 is 0 Å². The number of hydrogen-bond donors (Lipinski definition) is 1. The summed E-state index contributed by atoms with van der Waals surface area (Å²) in [5, 5.41) is 3.63. The lowest BCUT2D eigenvalue weighted by atomic mass is 10.1. The Kier molecular flexibility index (Phi) is 4.34. The van der Waals surface area contributed by atoms with Crippen molar-refractivity contribution in [2.45, 2.75) is 18.9 Å². The first-order chi connectivity index (χ1) is 9.90. The molecule has 2 nitrogen and oxygen atoms in total. The van der Waals surface area contributed by atoms with Gasteiger partial charge in [0.1, 0.15) is 0 Å². The fraction of sp³-hybridized carbons (Fsp3) is 0.333. The first kappa shape index (κ1) is 13.2. The van der Waals surface area contributed by atoms with Crippen LogP contribution in [0.15, 0.2) is 60.7 Å². The van der Waals surface area contributed by atoms with Crippen LogP contribution in [0.3, 0.4) is 0 Å². The summed E-state index contributed by atoms with van der Waals surface area (Å²) < 4.78 is 0. The molecular weight excluding hydrogens is 244 g/mol. The van der Waals surface area contributed by atoms with Gasteiger partial charge in [-0.1, -0.05) is 48.5 Å². The van der Waals surface area contributed by atoms with Crippen molar-refractivity contribution >= 4 is 5.69 Å². The van der Waals surface area contributed by atoms with Gasteiger partial charge < -0.3 is 10.2 Å². The van der Waals surface area contributed by atoms with Crippen LogP contribution in [0.1, 0.15) is 12.0 Å². The second-order valence-electron chi connectivity index (χ2n) is 5.53. The minimum absolute atomic E-state index is 0.591. The lowest BCUT2D eigenvalue weighted by molar-refractivity contribution is 0.341. The zero-order valence-corrected chi connectivity index (χ0v) is 11.8. The molecule has 0 amide bonds. The number of para-hydroxylation sites is 1. The normalized spacial score (nSPS) is 19.1. The van der Waals surface area contributed by atoms with E-state index in [4.69, 9.17) is 0 Å². The van der Waals surface area contributed by atoms with Crippen LogP contribution in [0, 0.1) is 0 Å². The molecule has 0 saturated carbocycles. The molecule has 0 bridgehead atoms. The minimum atomic E-state index is 0.591. The average Bonchev–Trinajstić information content (AvgIpc) is 2.95. The zero-order valence-electron chi connectivity index (χ0n) is 11.8. The molecule has 1 aliphatic rings. The molecule has 2 aromatic carbocycles. The maximum Gasteiger partial charge on any atom is 0.0400 e. The Balaban J connectivity index is 1.45. The Morgan fingerprint density at radius 1 is 0.950 bits per heavy atom. The molecule has 0 radical (unpaired) electrons. The summed E-state index contributed by atoms with van der Waals surface area (Å²) in [5.41, 5.74) is 2.68. The number of nitrogens with one attached hydrogen (secondary N) is 1. The summed E-state index contributed by atoms with van der Waals surface area (Å²) in [4.78, 5) is 2.56. The molecule has 0 unspecified atom stereocenters. The Labute approximate surface area is 121 Å². The van der Waals surface area contributed by atoms with E-state index in [-0.39, 0.29) is 0 Å². The summed E-state index contributed by atoms with van der Waals surface area (Å²) in [6.45, 7) is 3.52. The topological polar surface area (TPSA) is 15.3 Å². The van der Waals surface area contributed by atoms with Crippen molar-refractivity contribution in [2.24, 2.45) is 0 Å². The van der Waals surface area contributed by atoms with Gasteiger partial charge in [0, 0.05) is 31.4 Å². The van der Waals surface area contributed by atoms with E-state index in [0.717, 1.165) is 19.5 Å². The first-order valence-corrected chi connectivity index (χ1v) is 7.48. The fourth-order valence-electron chi connectivity index (χ4n) is 2.86. The molecule has 1 heterocycles. The molecular formula is C18H22N2. The third-order valence-corrected chi connectivity index (χ3v) is 3.98. The highest BCUT2D eigenvalue weighted by atomic mass is 15.2. The van der Waals surface area contributed by atoms with Crippen LogP contribution < -0.4 is 5.32 Å². The van der Waals surface area contributed by atoms with Gasteiger partial charge >= 0.3 is 0 Å². The largest absolute Gasteiger partial charge is 0.381 e. The molecule has 0 aromatic heterocycles. The van der Waals surface area contributed by atoms with Gasteiger partial charge in [-0.25, -0.2) is 0 Å². The molecule has 2 heteroatoms. The molecule has 1 aliphatic heterocycles. The maximum atomic E-state index is 3.63. The quantitative estimate of drug-likeness (QED) is 0.892. The lowest BCUT2D eigenvalue weighted by Gasteiger charge is -2.17. The molecule has 1 N–H and O–H groups in total. The third kappa shape index (κ3) is 3.61. The van der Waals surface area contributed by atoms with Gasteiger partial charge in [-0.2, -0.15) is 0 Å². The monoisotopic (exact) mass is 266 g/mol. The average molecular weight is 266 g/mol. The van der Waals surface area contributed by atoms with Crippen molar-refractivity contribution in [1.82, 2.24) is 4.90 Å². The van der Waals surface area contributed by atoms with Gasteiger partial charge in [-0.15, -0.1) is 0 Å². The van der Waals surface area contributed by atoms with Crippen molar-refractivity contribution in [3.05, 3.63) is 66.2 Å². The zero-order chi connectivity index (χ0) is 13.6. The van der Waals surface area contributed by atoms with Crippen LogP contribution in [0.4, 0.5) is 5.69 Å². The highest BCUT2D eigenvalue weighted by molar-refractivity contribution is 5.43. The molecule has 0 aliphatic carbocycles. The van der Waals surface area contributed by atoms with Crippen LogP contribution in [0.5, 0.6) is 0 Å². The van der Waals surface area contributed by atoms with Crippen LogP contribution in [0.25, 0.3) is 0 Å². The second-order valence-corrected chi connectivity index (χ2v) is 5.53. The van der Waals surface area contributed by atoms with Crippen LogP contribution in [0.2, 0.25) is 0 Å². The Morgan fingerprint density at radius 2 is 1.65 bits per heavy atom. The van der Waals surface area contributed by atoms with E-state index in [1.165, 1.54) is 24.2 Å². The van der Waals surface area contributed by atoms with Crippen LogP contribution in [-0.2, 0) is 6.42 Å². The molecule has 1 fully saturated rings. The highest BCUT2D eigenvalue weighted by Crippen LogP contribution is 2.16. The minimum Gasteiger partial charge on any atom is -0.381 e. The van der Waals surface area contributed by atoms with Crippen LogP contribution in [-0.4, -0.2) is 30.6 Å². The molecule has 20 heavy (non-hydrogen) atoms. The first-order valence-electron chi connectivity index (χ1n) is 7.48. The maximum absolute atomic E-state index is 3.63. The number of benzene rings is 2. The number of likely N-dealkylation sites (tertiary alicyclic amines) is 1. The second kappa shape index (κ2) is 6.58. The molecule has 3 rings (SSSR count). The molecule has 1 atom stereocenters. The molecule has 104 valence electrons. The number of hydrogen-bond acceptors (Lipinski definition) is 2. The Morgan fingerprint density at radius 3 is 2.40 bits per heavy atom. The number of nitrogens with zero attached hydrogens (tertiary/aromatic N) is 1. The van der Waals surface area contributed by atoms with Gasteiger partial charge in [0.15, 0.2) is 0 Å². The van der Waals surface area contributed by atoms with Crippen molar-refractivity contribution < 1.29 is 0 Å². The van der Waals surface area contributed by atoms with E-state index < -0.39 is 0 Å². The summed E-state index contributed by atoms with van der Waals surface area (Å²) in [5.74, 6) is 0. The SMILES string of the molecule is c1ccc(CCN2CC[C@@H](Nc3ccccc3)C2)cc1. The smallest absolute Gasteiger partial charge is 0.0400 e. The van der Waals surface area contributed by atoms with Crippen molar-refractivity contribution in [2.75, 3.05) is 25.0 Å². The summed E-state index contributed by atoms with van der Waals surface area (Å²) in [6, 6.07) is 21.9. The van der Waals surface area contributed by atoms with Crippen molar-refractivity contribution in [3.63, 3.8) is 0 Å². The van der Waals surface area contributed by atoms with Crippen molar-refractivity contribution in [3.8, 4) is 0 Å². The Bertz CT molecular complexity index is 509. The standard InChI is InChI=1S/C18H22N2/c1-3-7-16(8-4-1)11-13-20-14-12-18(15-20)19-17-9-5-2-6-10-17/h1-10,18-19H,11-15H2/t18-/m1/s1. The predicted molar refractivity (Wildman–Crippen MR) is 85.1 cm³/mol. The van der Waals surface area contributed by atoms with E-state index in [0.29, 0.717) is 6.04 Å². The van der Waals surface area contributed by atoms with E-state index in [1.807, 2.05) is 0 Å². The summed E-state index contributed by atoms with van der Waals surface area (Å²) in [6.07, 6.45) is 2.39. The third-order valence-electron chi connectivity index (χ3n) is 3.98. The van der Waals surface area contributed by atoms with E-state index in [2.05, 4.69) is 70.9 Å². The van der Waals surface area contributed by atoms with Gasteiger partial charge in [0.05, 0.1) is 0 Å². The molecule has 0 spiro atoms. The number of rotatable bonds is 5. The fourth-order valence-corrected chi connectivity index (χ4v) is 2.86. The van der Waals surface area contributed by atoms with Crippen LogP contribution >= 0.6 is 0 Å². The number of anilines is 1. The summed E-state index contributed by atoms with van der Waals surface area (Å²) >= 11 is 0. The molecule has 2 aromatic rings. The van der Waals surface area contributed by atoms with Gasteiger partial charge in [0.2, 0.25) is 0 Å². The Hall–Kier alpha value is -1.80. The van der Waals surface area contributed by atoms with E-state index in [9.17, 15) is 0 Å². The van der Waals surface area contributed by atoms with E-state index in [1.54, 1.807) is 0 Å². The highest BCUT2D eigenvalue weighted by Gasteiger charge is 2.21. The molecule has 1 saturated heterocycles. The van der Waals surface area contributed by atoms with Gasteiger partial charge in [-0.3, -0.25) is 0 Å². The van der Waals surface area contributed by atoms with Gasteiger partial charge in [-0.05, 0) is 30.5 Å². The summed E-state index contributed by atoms with van der Waals surface area (Å²) in [7, 11) is 0. The lowest BCUT2D eigenvalue weighted by Crippen LogP contribution is -2.27. The van der Waals surface area contributed by atoms with Crippen molar-refractivity contribution in [1.29, 1.82) is 0 Å².